The van der Waals surface area contributed by atoms with Gasteiger partial charge in [0.25, 0.3) is 0 Å². The van der Waals surface area contributed by atoms with E-state index in [0.717, 1.165) is 25.7 Å². The molecule has 12 nitrogen and oxygen atoms in total. The quantitative estimate of drug-likeness (QED) is 0.152. The molecule has 8 aliphatic rings. The van der Waals surface area contributed by atoms with E-state index < -0.39 is 95.1 Å². The van der Waals surface area contributed by atoms with Crippen LogP contribution in [-0.4, -0.2) is 71.4 Å². The van der Waals surface area contributed by atoms with Crippen molar-refractivity contribution in [2.75, 3.05) is 0 Å². The molecule has 14 atom stereocenters. The Morgan fingerprint density at radius 3 is 1.80 bits per heavy atom. The number of carbonyl (C=O) groups is 6. The third kappa shape index (κ3) is 5.65. The molecule has 0 aromatic carbocycles. The highest BCUT2D eigenvalue weighted by Gasteiger charge is 2.72. The van der Waals surface area contributed by atoms with E-state index in [-0.39, 0.29) is 46.2 Å². The van der Waals surface area contributed by atoms with Crippen molar-refractivity contribution in [3.63, 3.8) is 0 Å². The fraction of sp³-hybridized carbons (Fsp3) is 0.762. The van der Waals surface area contributed by atoms with E-state index in [1.807, 2.05) is 6.92 Å². The average Bonchev–Trinajstić information content (AvgIpc) is 3.96. The maximum atomic E-state index is 13.9. The number of rotatable bonds is 11. The minimum atomic E-state index is -0.783. The van der Waals surface area contributed by atoms with Crippen LogP contribution in [0.4, 0.5) is 0 Å². The van der Waals surface area contributed by atoms with Crippen LogP contribution in [0.25, 0.3) is 0 Å². The molecule has 2 aliphatic heterocycles. The standard InChI is InChI=1S/C42H54O12/c1-8-41(53-38(47)28-24-16-22-26(28)36(45)51-32(22)30(24)49-34(43)19(2)3)14-11-21(18-41)15-20(4)35(44)50-31-25-17-23-27(37(46)52-33(23)31)29(25)39(48)54-42(40(5,6)7)12-9-10-13-42/h21-33H,2,4,8-18H2,1,3,5-7H3. The van der Waals surface area contributed by atoms with Gasteiger partial charge in [-0.15, -0.1) is 0 Å². The molecule has 0 spiro atoms. The largest absolute Gasteiger partial charge is 0.459 e. The minimum absolute atomic E-state index is 0.0145. The van der Waals surface area contributed by atoms with Crippen LogP contribution in [0.3, 0.4) is 0 Å². The summed E-state index contributed by atoms with van der Waals surface area (Å²) in [5.74, 6) is -6.74. The van der Waals surface area contributed by atoms with Crippen LogP contribution in [0.15, 0.2) is 24.3 Å². The van der Waals surface area contributed by atoms with Gasteiger partial charge in [-0.05, 0) is 83.5 Å². The molecule has 14 unspecified atom stereocenters. The Morgan fingerprint density at radius 1 is 0.778 bits per heavy atom. The van der Waals surface area contributed by atoms with E-state index in [4.69, 9.17) is 28.4 Å². The van der Waals surface area contributed by atoms with Crippen LogP contribution in [-0.2, 0) is 57.2 Å². The zero-order chi connectivity index (χ0) is 38.6. The van der Waals surface area contributed by atoms with E-state index in [9.17, 15) is 28.8 Å². The predicted molar refractivity (Wildman–Crippen MR) is 188 cm³/mol. The van der Waals surface area contributed by atoms with Crippen molar-refractivity contribution in [1.82, 2.24) is 0 Å². The van der Waals surface area contributed by atoms with Crippen LogP contribution >= 0.6 is 0 Å². The molecule has 0 radical (unpaired) electrons. The van der Waals surface area contributed by atoms with Gasteiger partial charge in [-0.2, -0.15) is 0 Å². The summed E-state index contributed by atoms with van der Waals surface area (Å²) in [6.45, 7) is 17.5. The first-order valence-corrected chi connectivity index (χ1v) is 20.1. The molecule has 0 aromatic heterocycles. The lowest BCUT2D eigenvalue weighted by Gasteiger charge is -2.42. The van der Waals surface area contributed by atoms with Gasteiger partial charge in [0.1, 0.15) is 35.6 Å². The van der Waals surface area contributed by atoms with Gasteiger partial charge in [-0.25, -0.2) is 9.59 Å². The molecule has 0 aromatic rings. The molecule has 54 heavy (non-hydrogen) atoms. The van der Waals surface area contributed by atoms with Crippen LogP contribution in [0.1, 0.15) is 105 Å². The summed E-state index contributed by atoms with van der Waals surface area (Å²) in [6.07, 6.45) is 4.67. The number of fused-ring (bicyclic) bond motifs is 2. The van der Waals surface area contributed by atoms with Crippen molar-refractivity contribution in [2.45, 2.75) is 141 Å². The summed E-state index contributed by atoms with van der Waals surface area (Å²) in [4.78, 5) is 79.9. The molecule has 294 valence electrons. The molecule has 2 saturated heterocycles. The molecule has 0 amide bonds. The van der Waals surface area contributed by atoms with Crippen LogP contribution in [0.2, 0.25) is 0 Å². The first-order chi connectivity index (χ1) is 25.5. The fourth-order valence-corrected chi connectivity index (χ4v) is 12.2. The lowest BCUT2D eigenvalue weighted by molar-refractivity contribution is -0.184. The number of hydrogen-bond acceptors (Lipinski definition) is 12. The van der Waals surface area contributed by atoms with Crippen molar-refractivity contribution >= 4 is 35.8 Å². The summed E-state index contributed by atoms with van der Waals surface area (Å²) in [5.41, 5.74) is -1.14. The molecule has 2 heterocycles. The van der Waals surface area contributed by atoms with E-state index in [1.54, 1.807) is 6.92 Å². The summed E-state index contributed by atoms with van der Waals surface area (Å²) in [5, 5.41) is 0. The summed E-state index contributed by atoms with van der Waals surface area (Å²) in [7, 11) is 0. The third-order valence-corrected chi connectivity index (χ3v) is 15.0. The Balaban J connectivity index is 0.893. The molecular weight excluding hydrogens is 696 g/mol. The normalized spacial score (nSPS) is 41.8. The highest BCUT2D eigenvalue weighted by Crippen LogP contribution is 2.61. The first-order valence-electron chi connectivity index (χ1n) is 20.1. The molecule has 4 bridgehead atoms. The van der Waals surface area contributed by atoms with Crippen LogP contribution in [0.5, 0.6) is 0 Å². The Hall–Kier alpha value is -3.70. The van der Waals surface area contributed by atoms with Crippen molar-refractivity contribution in [1.29, 1.82) is 0 Å². The van der Waals surface area contributed by atoms with E-state index in [1.165, 1.54) is 0 Å². The Kier molecular flexibility index (Phi) is 8.92. The van der Waals surface area contributed by atoms with E-state index in [0.29, 0.717) is 44.9 Å². The molecule has 0 N–H and O–H groups in total. The van der Waals surface area contributed by atoms with Gasteiger partial charge in [-0.3, -0.25) is 19.2 Å². The zero-order valence-corrected chi connectivity index (χ0v) is 32.1. The van der Waals surface area contributed by atoms with Crippen LogP contribution in [0, 0.1) is 58.7 Å². The Labute approximate surface area is 316 Å². The second-order valence-corrected chi connectivity index (χ2v) is 18.8. The maximum absolute atomic E-state index is 13.9. The average molecular weight is 751 g/mol. The minimum Gasteiger partial charge on any atom is -0.459 e. The van der Waals surface area contributed by atoms with Gasteiger partial charge in [0.05, 0.1) is 23.7 Å². The van der Waals surface area contributed by atoms with E-state index >= 15 is 0 Å². The molecule has 6 saturated carbocycles. The number of hydrogen-bond donors (Lipinski definition) is 0. The second kappa shape index (κ2) is 12.9. The lowest BCUT2D eigenvalue weighted by Crippen LogP contribution is -2.49. The number of ether oxygens (including phenoxy) is 6. The molecule has 8 rings (SSSR count). The fourth-order valence-electron chi connectivity index (χ4n) is 12.2. The van der Waals surface area contributed by atoms with E-state index in [2.05, 4.69) is 33.9 Å². The maximum Gasteiger partial charge on any atom is 0.333 e. The van der Waals surface area contributed by atoms with Crippen molar-refractivity contribution in [3.05, 3.63) is 24.3 Å². The topological polar surface area (TPSA) is 158 Å². The summed E-state index contributed by atoms with van der Waals surface area (Å²) in [6, 6.07) is 0. The van der Waals surface area contributed by atoms with Crippen molar-refractivity contribution in [3.8, 4) is 0 Å². The Morgan fingerprint density at radius 2 is 1.30 bits per heavy atom. The Bertz CT molecular complexity index is 1680. The van der Waals surface area contributed by atoms with Gasteiger partial charge >= 0.3 is 35.8 Å². The SMILES string of the molecule is C=C(C)C(=O)OC1C2CC3C1OC(=O)C3C2C(=O)OC1(CC)CCC(CC(=C)C(=O)OC2C3CC4C2OC(=O)C4C3C(=O)OC2(C(C)(C)C)CCCC2)C1. The van der Waals surface area contributed by atoms with Crippen molar-refractivity contribution < 1.29 is 57.2 Å². The van der Waals surface area contributed by atoms with Gasteiger partial charge in [0.2, 0.25) is 0 Å². The summed E-state index contributed by atoms with van der Waals surface area (Å²) < 4.78 is 35.8. The van der Waals surface area contributed by atoms with Gasteiger partial charge in [0, 0.05) is 40.2 Å². The smallest absolute Gasteiger partial charge is 0.333 e. The lowest BCUT2D eigenvalue weighted by atomic mass is 9.74. The predicted octanol–water partition coefficient (Wildman–Crippen LogP) is 5.34. The number of carbonyl (C=O) groups excluding carboxylic acids is 6. The second-order valence-electron chi connectivity index (χ2n) is 18.8. The first kappa shape index (κ1) is 37.2. The summed E-state index contributed by atoms with van der Waals surface area (Å²) >= 11 is 0. The zero-order valence-electron chi connectivity index (χ0n) is 32.1. The van der Waals surface area contributed by atoms with Gasteiger partial charge in [0.15, 0.2) is 0 Å². The highest BCUT2D eigenvalue weighted by molar-refractivity contribution is 5.90. The van der Waals surface area contributed by atoms with Gasteiger partial charge < -0.3 is 28.4 Å². The van der Waals surface area contributed by atoms with Gasteiger partial charge in [-0.1, -0.05) is 40.9 Å². The van der Waals surface area contributed by atoms with Crippen molar-refractivity contribution in [2.24, 2.45) is 58.7 Å². The highest BCUT2D eigenvalue weighted by atomic mass is 16.6. The molecule has 8 fully saturated rings. The monoisotopic (exact) mass is 750 g/mol. The van der Waals surface area contributed by atoms with Crippen LogP contribution < -0.4 is 0 Å². The molecule has 12 heteroatoms. The third-order valence-electron chi connectivity index (χ3n) is 15.0. The molecule has 6 aliphatic carbocycles. The number of esters is 6. The molecular formula is C42H54O12.